The molecule has 0 saturated heterocycles. The van der Waals surface area contributed by atoms with Crippen molar-refractivity contribution in [2.45, 2.75) is 19.5 Å². The third kappa shape index (κ3) is 3.22. The monoisotopic (exact) mass is 346 g/mol. The molecule has 0 atom stereocenters. The second kappa shape index (κ2) is 6.08. The molecule has 21 heavy (non-hydrogen) atoms. The molecular formula is C17H19BrN2O. The summed E-state index contributed by atoms with van der Waals surface area (Å²) in [5.74, 6) is 1.06. The van der Waals surface area contributed by atoms with E-state index in [4.69, 9.17) is 10.5 Å². The molecule has 2 aromatic carbocycles. The standard InChI is InChI=1S/C17H19BrN2O/c1-20(10-13-4-2-3-5-16(13)19)11-14-9-15(18)8-12-6-7-21-17(12)14/h2-5,8-9H,6-7,10-11,19H2,1H3. The van der Waals surface area contributed by atoms with Gasteiger partial charge >= 0.3 is 0 Å². The highest BCUT2D eigenvalue weighted by Crippen LogP contribution is 2.33. The number of fused-ring (bicyclic) bond motifs is 1. The largest absolute Gasteiger partial charge is 0.493 e. The summed E-state index contributed by atoms with van der Waals surface area (Å²) in [7, 11) is 2.11. The zero-order valence-electron chi connectivity index (χ0n) is 12.1. The van der Waals surface area contributed by atoms with Crippen LogP contribution in [0.25, 0.3) is 0 Å². The van der Waals surface area contributed by atoms with Gasteiger partial charge in [-0.3, -0.25) is 4.90 Å². The van der Waals surface area contributed by atoms with Crippen molar-refractivity contribution in [1.29, 1.82) is 0 Å². The molecular weight excluding hydrogens is 328 g/mol. The lowest BCUT2D eigenvalue weighted by molar-refractivity contribution is 0.304. The summed E-state index contributed by atoms with van der Waals surface area (Å²) in [6.07, 6.45) is 0.997. The Balaban J connectivity index is 1.77. The van der Waals surface area contributed by atoms with E-state index in [1.54, 1.807) is 0 Å². The number of rotatable bonds is 4. The number of hydrogen-bond acceptors (Lipinski definition) is 3. The molecule has 0 radical (unpaired) electrons. The van der Waals surface area contributed by atoms with E-state index in [2.05, 4.69) is 46.1 Å². The molecule has 0 aliphatic carbocycles. The van der Waals surface area contributed by atoms with Crippen molar-refractivity contribution in [3.8, 4) is 5.75 Å². The lowest BCUT2D eigenvalue weighted by atomic mass is 10.1. The number of nitrogen functional groups attached to an aromatic ring is 1. The van der Waals surface area contributed by atoms with Gasteiger partial charge in [0.15, 0.2) is 0 Å². The van der Waals surface area contributed by atoms with Crippen molar-refractivity contribution >= 4 is 21.6 Å². The molecule has 2 aromatic rings. The lowest BCUT2D eigenvalue weighted by Crippen LogP contribution is -2.18. The molecule has 1 heterocycles. The second-order valence-corrected chi connectivity index (χ2v) is 6.44. The number of anilines is 1. The van der Waals surface area contributed by atoms with Crippen molar-refractivity contribution in [2.24, 2.45) is 0 Å². The summed E-state index contributed by atoms with van der Waals surface area (Å²) in [5, 5.41) is 0. The van der Waals surface area contributed by atoms with Crippen LogP contribution in [0.5, 0.6) is 5.75 Å². The van der Waals surface area contributed by atoms with Crippen molar-refractivity contribution in [1.82, 2.24) is 4.90 Å². The van der Waals surface area contributed by atoms with Gasteiger partial charge in [0, 0.05) is 35.2 Å². The first-order valence-corrected chi connectivity index (χ1v) is 7.89. The molecule has 0 amide bonds. The Bertz CT molecular complexity index is 657. The molecule has 0 saturated carbocycles. The third-order valence-electron chi connectivity index (χ3n) is 3.76. The first-order chi connectivity index (χ1) is 10.1. The van der Waals surface area contributed by atoms with E-state index in [0.29, 0.717) is 0 Å². The molecule has 3 nitrogen and oxygen atoms in total. The number of benzene rings is 2. The minimum Gasteiger partial charge on any atom is -0.493 e. The number of halogens is 1. The predicted octanol–water partition coefficient (Wildman–Crippen LogP) is 3.60. The third-order valence-corrected chi connectivity index (χ3v) is 4.22. The molecule has 110 valence electrons. The van der Waals surface area contributed by atoms with E-state index >= 15 is 0 Å². The minimum absolute atomic E-state index is 0.786. The van der Waals surface area contributed by atoms with Crippen LogP contribution in [0.3, 0.4) is 0 Å². The Morgan fingerprint density at radius 2 is 1.95 bits per heavy atom. The smallest absolute Gasteiger partial charge is 0.127 e. The molecule has 0 unspecified atom stereocenters. The van der Waals surface area contributed by atoms with Gasteiger partial charge < -0.3 is 10.5 Å². The van der Waals surface area contributed by atoms with E-state index in [1.807, 2.05) is 18.2 Å². The van der Waals surface area contributed by atoms with E-state index < -0.39 is 0 Å². The van der Waals surface area contributed by atoms with E-state index in [0.717, 1.165) is 47.6 Å². The fourth-order valence-electron chi connectivity index (χ4n) is 2.78. The van der Waals surface area contributed by atoms with Gasteiger partial charge in [-0.25, -0.2) is 0 Å². The quantitative estimate of drug-likeness (QED) is 0.859. The molecule has 0 spiro atoms. The van der Waals surface area contributed by atoms with Gasteiger partial charge in [-0.15, -0.1) is 0 Å². The molecule has 1 aliphatic rings. The summed E-state index contributed by atoms with van der Waals surface area (Å²) in [5.41, 5.74) is 10.6. The van der Waals surface area contributed by atoms with Crippen molar-refractivity contribution in [3.05, 3.63) is 57.6 Å². The number of nitrogens with two attached hydrogens (primary N) is 1. The predicted molar refractivity (Wildman–Crippen MR) is 89.4 cm³/mol. The second-order valence-electron chi connectivity index (χ2n) is 5.52. The van der Waals surface area contributed by atoms with Crippen LogP contribution in [-0.2, 0) is 19.5 Å². The summed E-state index contributed by atoms with van der Waals surface area (Å²) in [6, 6.07) is 12.3. The average molecular weight is 347 g/mol. The zero-order chi connectivity index (χ0) is 14.8. The Kier molecular flexibility index (Phi) is 4.17. The van der Waals surface area contributed by atoms with Crippen LogP contribution < -0.4 is 10.5 Å². The normalized spacial score (nSPS) is 13.3. The molecule has 4 heteroatoms. The summed E-state index contributed by atoms with van der Waals surface area (Å²) in [4.78, 5) is 2.26. The summed E-state index contributed by atoms with van der Waals surface area (Å²) in [6.45, 7) is 2.46. The highest BCUT2D eigenvalue weighted by atomic mass is 79.9. The van der Waals surface area contributed by atoms with E-state index in [9.17, 15) is 0 Å². The first-order valence-electron chi connectivity index (χ1n) is 7.09. The summed E-state index contributed by atoms with van der Waals surface area (Å²) >= 11 is 3.59. The van der Waals surface area contributed by atoms with Gasteiger partial charge in [0.2, 0.25) is 0 Å². The molecule has 0 bridgehead atoms. The molecule has 3 rings (SSSR count). The Morgan fingerprint density at radius 1 is 1.19 bits per heavy atom. The van der Waals surface area contributed by atoms with E-state index in [-0.39, 0.29) is 0 Å². The average Bonchev–Trinajstić information content (AvgIpc) is 2.89. The van der Waals surface area contributed by atoms with Gasteiger partial charge in [0.25, 0.3) is 0 Å². The number of hydrogen-bond donors (Lipinski definition) is 1. The van der Waals surface area contributed by atoms with Crippen LogP contribution in [0.2, 0.25) is 0 Å². The zero-order valence-corrected chi connectivity index (χ0v) is 13.7. The van der Waals surface area contributed by atoms with Crippen LogP contribution in [0.4, 0.5) is 5.69 Å². The van der Waals surface area contributed by atoms with Crippen molar-refractivity contribution < 1.29 is 4.74 Å². The highest BCUT2D eigenvalue weighted by molar-refractivity contribution is 9.10. The van der Waals surface area contributed by atoms with Crippen LogP contribution in [0.15, 0.2) is 40.9 Å². The number of nitrogens with zero attached hydrogens (tertiary/aromatic N) is 1. The maximum atomic E-state index is 6.02. The van der Waals surface area contributed by atoms with Gasteiger partial charge in [-0.1, -0.05) is 34.1 Å². The summed E-state index contributed by atoms with van der Waals surface area (Å²) < 4.78 is 6.91. The van der Waals surface area contributed by atoms with Gasteiger partial charge in [0.05, 0.1) is 6.61 Å². The molecule has 0 aromatic heterocycles. The Morgan fingerprint density at radius 3 is 2.76 bits per heavy atom. The van der Waals surface area contributed by atoms with Gasteiger partial charge in [-0.2, -0.15) is 0 Å². The Labute approximate surface area is 133 Å². The maximum absolute atomic E-state index is 6.02. The van der Waals surface area contributed by atoms with Crippen LogP contribution >= 0.6 is 15.9 Å². The maximum Gasteiger partial charge on any atom is 0.127 e. The van der Waals surface area contributed by atoms with Crippen LogP contribution in [0, 0.1) is 0 Å². The molecule has 1 aliphatic heterocycles. The van der Waals surface area contributed by atoms with Gasteiger partial charge in [-0.05, 0) is 36.4 Å². The Hall–Kier alpha value is -1.52. The van der Waals surface area contributed by atoms with Crippen LogP contribution in [0.1, 0.15) is 16.7 Å². The van der Waals surface area contributed by atoms with E-state index in [1.165, 1.54) is 11.1 Å². The number of para-hydroxylation sites is 1. The van der Waals surface area contributed by atoms with Crippen molar-refractivity contribution in [3.63, 3.8) is 0 Å². The van der Waals surface area contributed by atoms with Gasteiger partial charge in [0.1, 0.15) is 5.75 Å². The lowest BCUT2D eigenvalue weighted by Gasteiger charge is -2.19. The topological polar surface area (TPSA) is 38.5 Å². The first kappa shape index (κ1) is 14.4. The highest BCUT2D eigenvalue weighted by Gasteiger charge is 2.18. The molecule has 0 fully saturated rings. The fraction of sp³-hybridized carbons (Fsp3) is 0.294. The fourth-order valence-corrected chi connectivity index (χ4v) is 3.33. The minimum atomic E-state index is 0.786. The molecule has 2 N–H and O–H groups in total. The number of ether oxygens (including phenoxy) is 1. The van der Waals surface area contributed by atoms with Crippen LogP contribution in [-0.4, -0.2) is 18.6 Å². The SMILES string of the molecule is CN(Cc1ccccc1N)Cc1cc(Br)cc2c1OCC2. The van der Waals surface area contributed by atoms with Crippen molar-refractivity contribution in [2.75, 3.05) is 19.4 Å².